The van der Waals surface area contributed by atoms with Crippen LogP contribution in [0.25, 0.3) is 16.6 Å². The summed E-state index contributed by atoms with van der Waals surface area (Å²) in [7, 11) is 3.28. The highest BCUT2D eigenvalue weighted by Crippen LogP contribution is 2.40. The van der Waals surface area contributed by atoms with Crippen molar-refractivity contribution < 1.29 is 19.1 Å². The molecule has 1 aliphatic heterocycles. The fraction of sp³-hybridized carbons (Fsp3) is 0.394. The molecule has 0 bridgehead atoms. The van der Waals surface area contributed by atoms with Gasteiger partial charge in [-0.05, 0) is 67.8 Å². The molecule has 0 radical (unpaired) electrons. The summed E-state index contributed by atoms with van der Waals surface area (Å²) in [6.07, 6.45) is 10.5. The number of aromatic nitrogens is 2. The van der Waals surface area contributed by atoms with E-state index >= 15 is 0 Å². The Labute approximate surface area is 240 Å². The molecule has 2 aliphatic rings. The Morgan fingerprint density at radius 3 is 2.27 bits per heavy atom. The van der Waals surface area contributed by atoms with Crippen LogP contribution in [0.3, 0.4) is 0 Å². The first kappa shape index (κ1) is 27.0. The molecule has 1 saturated carbocycles. The van der Waals surface area contributed by atoms with Crippen LogP contribution in [0.4, 0.5) is 0 Å². The van der Waals surface area contributed by atoms with Crippen molar-refractivity contribution in [1.29, 1.82) is 0 Å². The Balaban J connectivity index is 1.48. The monoisotopic (exact) mass is 554 g/mol. The Morgan fingerprint density at radius 2 is 1.61 bits per heavy atom. The number of nitrogens with one attached hydrogen (secondary N) is 1. The van der Waals surface area contributed by atoms with Crippen LogP contribution in [0.15, 0.2) is 67.0 Å². The van der Waals surface area contributed by atoms with Gasteiger partial charge in [-0.25, -0.2) is 0 Å². The van der Waals surface area contributed by atoms with Gasteiger partial charge in [-0.2, -0.15) is 0 Å². The van der Waals surface area contributed by atoms with E-state index in [9.17, 15) is 9.59 Å². The Bertz CT molecular complexity index is 1550. The van der Waals surface area contributed by atoms with E-state index in [4.69, 9.17) is 9.47 Å². The fourth-order valence-electron chi connectivity index (χ4n) is 6.43. The number of benzene rings is 2. The molecule has 1 fully saturated rings. The van der Waals surface area contributed by atoms with Gasteiger partial charge in [0.2, 0.25) is 5.91 Å². The minimum absolute atomic E-state index is 0.102. The topological polar surface area (TPSA) is 77.7 Å². The molecule has 2 aromatic heterocycles. The first-order valence-electron chi connectivity index (χ1n) is 14.5. The summed E-state index contributed by atoms with van der Waals surface area (Å²) in [6, 6.07) is 17.6. The second-order valence-electron chi connectivity index (χ2n) is 11.4. The average molecular weight is 555 g/mol. The minimum Gasteiger partial charge on any atom is -0.497 e. The molecule has 1 unspecified atom stereocenters. The summed E-state index contributed by atoms with van der Waals surface area (Å²) in [4.78, 5) is 30.7. The van der Waals surface area contributed by atoms with Gasteiger partial charge in [-0.1, -0.05) is 37.8 Å². The maximum absolute atomic E-state index is 14.7. The van der Waals surface area contributed by atoms with Crippen molar-refractivity contribution in [3.8, 4) is 17.2 Å². The summed E-state index contributed by atoms with van der Waals surface area (Å²) in [5.74, 6) is 1.18. The third-order valence-electron chi connectivity index (χ3n) is 8.80. The second kappa shape index (κ2) is 11.0. The number of carbonyl (C=O) groups excluding carboxylic acids is 2. The molecule has 41 heavy (non-hydrogen) atoms. The van der Waals surface area contributed by atoms with E-state index in [1.54, 1.807) is 19.1 Å². The number of nitrogens with zero attached hydrogens (tertiary/aromatic N) is 3. The van der Waals surface area contributed by atoms with Gasteiger partial charge >= 0.3 is 0 Å². The lowest BCUT2D eigenvalue weighted by molar-refractivity contribution is -0.134. The fourth-order valence-corrected chi connectivity index (χ4v) is 6.43. The van der Waals surface area contributed by atoms with Crippen molar-refractivity contribution in [3.63, 3.8) is 0 Å². The first-order chi connectivity index (χ1) is 19.9. The van der Waals surface area contributed by atoms with E-state index in [1.807, 2.05) is 83.0 Å². The van der Waals surface area contributed by atoms with Crippen molar-refractivity contribution in [3.05, 3.63) is 78.2 Å². The van der Waals surface area contributed by atoms with E-state index in [1.165, 1.54) is 12.8 Å². The van der Waals surface area contributed by atoms with E-state index in [0.717, 1.165) is 53.6 Å². The molecule has 1 N–H and O–H groups in total. The molecular formula is C33H38N4O4. The van der Waals surface area contributed by atoms with E-state index in [2.05, 4.69) is 5.32 Å². The number of amides is 2. The highest BCUT2D eigenvalue weighted by molar-refractivity contribution is 6.09. The van der Waals surface area contributed by atoms with E-state index in [0.29, 0.717) is 24.5 Å². The third kappa shape index (κ3) is 4.85. The molecule has 214 valence electrons. The van der Waals surface area contributed by atoms with Crippen LogP contribution in [-0.2, 0) is 17.9 Å². The van der Waals surface area contributed by atoms with Gasteiger partial charge in [0.15, 0.2) is 0 Å². The van der Waals surface area contributed by atoms with Gasteiger partial charge in [0.25, 0.3) is 5.91 Å². The summed E-state index contributed by atoms with van der Waals surface area (Å²) in [5, 5.41) is 4.27. The van der Waals surface area contributed by atoms with Gasteiger partial charge in [-0.3, -0.25) is 9.59 Å². The average Bonchev–Trinajstić information content (AvgIpc) is 3.54. The zero-order valence-corrected chi connectivity index (χ0v) is 24.1. The van der Waals surface area contributed by atoms with E-state index < -0.39 is 5.54 Å². The molecule has 0 saturated heterocycles. The number of carbonyl (C=O) groups is 2. The molecule has 0 spiro atoms. The second-order valence-corrected chi connectivity index (χ2v) is 11.4. The predicted octanol–water partition coefficient (Wildman–Crippen LogP) is 5.70. The Kier molecular flexibility index (Phi) is 7.24. The van der Waals surface area contributed by atoms with Crippen LogP contribution in [-0.4, -0.2) is 51.6 Å². The number of hydrogen-bond donors (Lipinski definition) is 1. The van der Waals surface area contributed by atoms with Crippen LogP contribution in [0.2, 0.25) is 0 Å². The van der Waals surface area contributed by atoms with Gasteiger partial charge < -0.3 is 28.8 Å². The Morgan fingerprint density at radius 1 is 0.951 bits per heavy atom. The lowest BCUT2D eigenvalue weighted by Gasteiger charge is -2.45. The standard InChI is InChI=1S/C33H38N4O4/c1-33(32(39)34-24-10-6-4-5-7-11-24)22-36-28-17-16-26(41-3)20-27(28)29(35-18-8-9-19-35)30(36)31(38)37(33)21-23-12-14-25(40-2)15-13-23/h8-9,12-20,24H,4-7,10-11,21-22H2,1-3H3,(H,34,39). The predicted molar refractivity (Wildman–Crippen MR) is 159 cm³/mol. The van der Waals surface area contributed by atoms with Crippen molar-refractivity contribution >= 4 is 22.7 Å². The SMILES string of the molecule is COc1ccc(CN2C(=O)c3c(-n4cccc4)c4cc(OC)ccc4n3CC2(C)C(=O)NC2CCCCCC2)cc1. The van der Waals surface area contributed by atoms with Gasteiger partial charge in [-0.15, -0.1) is 0 Å². The number of rotatable bonds is 7. The molecule has 1 aliphatic carbocycles. The van der Waals surface area contributed by atoms with Crippen LogP contribution >= 0.6 is 0 Å². The summed E-state index contributed by atoms with van der Waals surface area (Å²) < 4.78 is 14.9. The molecule has 2 aromatic carbocycles. The molecule has 8 nitrogen and oxygen atoms in total. The van der Waals surface area contributed by atoms with Gasteiger partial charge in [0.05, 0.1) is 32.0 Å². The van der Waals surface area contributed by atoms with Crippen molar-refractivity contribution in [2.24, 2.45) is 0 Å². The maximum atomic E-state index is 14.7. The molecule has 8 heteroatoms. The number of fused-ring (bicyclic) bond motifs is 3. The zero-order chi connectivity index (χ0) is 28.6. The Hall–Kier alpha value is -4.20. The normalized spacial score (nSPS) is 19.6. The minimum atomic E-state index is -1.10. The molecule has 1 atom stereocenters. The van der Waals surface area contributed by atoms with Crippen LogP contribution in [0.1, 0.15) is 61.5 Å². The summed E-state index contributed by atoms with van der Waals surface area (Å²) in [5.41, 5.74) is 2.09. The van der Waals surface area contributed by atoms with Crippen LogP contribution < -0.4 is 14.8 Å². The van der Waals surface area contributed by atoms with Gasteiger partial charge in [0.1, 0.15) is 22.7 Å². The molecule has 4 aromatic rings. The molecular weight excluding hydrogens is 516 g/mol. The zero-order valence-electron chi connectivity index (χ0n) is 24.1. The quantitative estimate of drug-likeness (QED) is 0.297. The molecule has 3 heterocycles. The number of ether oxygens (including phenoxy) is 2. The molecule has 2 amide bonds. The number of hydrogen-bond acceptors (Lipinski definition) is 4. The van der Waals surface area contributed by atoms with Crippen LogP contribution in [0, 0.1) is 0 Å². The van der Waals surface area contributed by atoms with Gasteiger partial charge in [0, 0.05) is 30.4 Å². The highest BCUT2D eigenvalue weighted by Gasteiger charge is 2.49. The summed E-state index contributed by atoms with van der Waals surface area (Å²) in [6.45, 7) is 2.55. The highest BCUT2D eigenvalue weighted by atomic mass is 16.5. The lowest BCUT2D eigenvalue weighted by atomic mass is 9.92. The maximum Gasteiger partial charge on any atom is 0.273 e. The first-order valence-corrected chi connectivity index (χ1v) is 14.5. The third-order valence-corrected chi connectivity index (χ3v) is 8.80. The van der Waals surface area contributed by atoms with E-state index in [-0.39, 0.29) is 17.9 Å². The summed E-state index contributed by atoms with van der Waals surface area (Å²) >= 11 is 0. The van der Waals surface area contributed by atoms with Crippen molar-refractivity contribution in [2.45, 2.75) is 70.1 Å². The number of methoxy groups -OCH3 is 2. The largest absolute Gasteiger partial charge is 0.497 e. The van der Waals surface area contributed by atoms with Crippen LogP contribution in [0.5, 0.6) is 11.5 Å². The molecule has 6 rings (SSSR count). The lowest BCUT2D eigenvalue weighted by Crippen LogP contribution is -2.64. The van der Waals surface area contributed by atoms with Crippen molar-refractivity contribution in [2.75, 3.05) is 14.2 Å². The van der Waals surface area contributed by atoms with Crippen molar-refractivity contribution in [1.82, 2.24) is 19.4 Å². The smallest absolute Gasteiger partial charge is 0.273 e.